The molecule has 0 aliphatic heterocycles. The van der Waals surface area contributed by atoms with E-state index in [9.17, 15) is 15.8 Å². The molecule has 1 aliphatic rings. The fourth-order valence-electron chi connectivity index (χ4n) is 3.02. The van der Waals surface area contributed by atoms with Crippen LogP contribution in [0, 0.1) is 39.4 Å². The molecule has 0 radical (unpaired) electrons. The summed E-state index contributed by atoms with van der Waals surface area (Å²) < 4.78 is 0. The molecule has 1 aromatic rings. The van der Waals surface area contributed by atoms with Gasteiger partial charge in [-0.05, 0) is 24.0 Å². The number of unbranched alkanes of at least 4 members (excludes halogenated alkanes) is 1. The van der Waals surface area contributed by atoms with Gasteiger partial charge in [0, 0.05) is 5.92 Å². The summed E-state index contributed by atoms with van der Waals surface area (Å²) in [7, 11) is 0. The summed E-state index contributed by atoms with van der Waals surface area (Å²) in [5.41, 5.74) is 6.73. The number of allylic oxidation sites excluding steroid dienone is 4. The van der Waals surface area contributed by atoms with E-state index in [-0.39, 0.29) is 17.2 Å². The molecule has 2 rings (SSSR count). The van der Waals surface area contributed by atoms with Crippen LogP contribution >= 0.6 is 0 Å². The second-order valence-corrected chi connectivity index (χ2v) is 5.62. The molecule has 4 nitrogen and oxygen atoms in total. The van der Waals surface area contributed by atoms with Crippen LogP contribution in [-0.4, -0.2) is 0 Å². The van der Waals surface area contributed by atoms with Crippen molar-refractivity contribution in [2.75, 3.05) is 0 Å². The van der Waals surface area contributed by atoms with E-state index < -0.39 is 5.41 Å². The van der Waals surface area contributed by atoms with E-state index in [1.807, 2.05) is 36.4 Å². The van der Waals surface area contributed by atoms with Crippen LogP contribution in [0.25, 0.3) is 0 Å². The Labute approximate surface area is 136 Å². The predicted octanol–water partition coefficient (Wildman–Crippen LogP) is 3.67. The fourth-order valence-corrected chi connectivity index (χ4v) is 3.02. The van der Waals surface area contributed by atoms with Crippen LogP contribution in [0.2, 0.25) is 0 Å². The fraction of sp³-hybridized carbons (Fsp3) is 0.316. The van der Waals surface area contributed by atoms with Crippen LogP contribution in [0.15, 0.2) is 53.3 Å². The molecule has 0 saturated heterocycles. The highest BCUT2D eigenvalue weighted by atomic mass is 14.7. The number of hydrogen-bond acceptors (Lipinski definition) is 4. The standard InChI is InChI=1S/C19H18N4/c1-2-3-7-15-10-17(14-8-5-4-6-9-14)19(12-21,13-22)18(23)16(15)11-20/h4-9,17H,2-3,10,23H2,1H3/b15-7+. The third kappa shape index (κ3) is 2.70. The third-order valence-corrected chi connectivity index (χ3v) is 4.31. The maximum absolute atomic E-state index is 9.70. The molecule has 0 saturated carbocycles. The zero-order chi connectivity index (χ0) is 16.9. The highest BCUT2D eigenvalue weighted by molar-refractivity contribution is 5.57. The highest BCUT2D eigenvalue weighted by Gasteiger charge is 2.48. The van der Waals surface area contributed by atoms with Gasteiger partial charge < -0.3 is 5.73 Å². The Morgan fingerprint density at radius 2 is 1.87 bits per heavy atom. The van der Waals surface area contributed by atoms with E-state index in [0.717, 1.165) is 24.0 Å². The molecule has 0 heterocycles. The first-order valence-electron chi connectivity index (χ1n) is 7.61. The Morgan fingerprint density at radius 3 is 2.39 bits per heavy atom. The minimum atomic E-state index is -1.50. The van der Waals surface area contributed by atoms with Crippen LogP contribution in [0.4, 0.5) is 0 Å². The van der Waals surface area contributed by atoms with E-state index in [0.29, 0.717) is 6.42 Å². The van der Waals surface area contributed by atoms with E-state index in [1.165, 1.54) is 0 Å². The summed E-state index contributed by atoms with van der Waals surface area (Å²) in [6.07, 6.45) is 4.26. The summed E-state index contributed by atoms with van der Waals surface area (Å²) >= 11 is 0. The van der Waals surface area contributed by atoms with Crippen molar-refractivity contribution in [3.63, 3.8) is 0 Å². The molecule has 0 bridgehead atoms. The second kappa shape index (κ2) is 6.82. The molecule has 2 N–H and O–H groups in total. The van der Waals surface area contributed by atoms with Crippen molar-refractivity contribution in [1.29, 1.82) is 15.8 Å². The molecular formula is C19H18N4. The van der Waals surface area contributed by atoms with Crippen molar-refractivity contribution in [2.24, 2.45) is 11.1 Å². The van der Waals surface area contributed by atoms with Gasteiger partial charge in [0.05, 0.1) is 23.4 Å². The van der Waals surface area contributed by atoms with Gasteiger partial charge in [-0.1, -0.05) is 49.8 Å². The summed E-state index contributed by atoms with van der Waals surface area (Å²) in [4.78, 5) is 0. The Morgan fingerprint density at radius 1 is 1.22 bits per heavy atom. The number of nitriles is 3. The summed E-state index contributed by atoms with van der Waals surface area (Å²) in [5.74, 6) is -0.376. The van der Waals surface area contributed by atoms with Crippen molar-refractivity contribution in [2.45, 2.75) is 32.1 Å². The number of benzene rings is 1. The highest BCUT2D eigenvalue weighted by Crippen LogP contribution is 2.49. The largest absolute Gasteiger partial charge is 0.399 e. The molecule has 0 fully saturated rings. The Balaban J connectivity index is 2.69. The van der Waals surface area contributed by atoms with Crippen LogP contribution in [0.1, 0.15) is 37.7 Å². The Bertz CT molecular complexity index is 752. The van der Waals surface area contributed by atoms with Gasteiger partial charge in [0.1, 0.15) is 6.07 Å². The van der Waals surface area contributed by atoms with Crippen molar-refractivity contribution in [3.05, 3.63) is 58.8 Å². The van der Waals surface area contributed by atoms with Crippen molar-refractivity contribution >= 4 is 0 Å². The van der Waals surface area contributed by atoms with Gasteiger partial charge in [0.2, 0.25) is 0 Å². The SMILES string of the molecule is CCC/C=C1\CC(c2ccccc2)C(C#N)(C#N)C(N)=C1C#N. The van der Waals surface area contributed by atoms with Crippen molar-refractivity contribution in [1.82, 2.24) is 0 Å². The molecule has 114 valence electrons. The summed E-state index contributed by atoms with van der Waals surface area (Å²) in [6.45, 7) is 2.06. The van der Waals surface area contributed by atoms with Crippen LogP contribution in [0.5, 0.6) is 0 Å². The minimum Gasteiger partial charge on any atom is -0.399 e. The average molecular weight is 302 g/mol. The molecule has 0 spiro atoms. The van der Waals surface area contributed by atoms with Crippen molar-refractivity contribution < 1.29 is 0 Å². The first-order valence-corrected chi connectivity index (χ1v) is 7.61. The number of nitrogens with two attached hydrogens (primary N) is 1. The first kappa shape index (κ1) is 16.3. The molecule has 0 amide bonds. The quantitative estimate of drug-likeness (QED) is 0.921. The molecule has 0 aromatic heterocycles. The van der Waals surface area contributed by atoms with Gasteiger partial charge in [-0.3, -0.25) is 0 Å². The second-order valence-electron chi connectivity index (χ2n) is 5.62. The van der Waals surface area contributed by atoms with Gasteiger partial charge in [-0.25, -0.2) is 0 Å². The lowest BCUT2D eigenvalue weighted by atomic mass is 9.63. The van der Waals surface area contributed by atoms with Gasteiger partial charge >= 0.3 is 0 Å². The molecule has 1 unspecified atom stereocenters. The van der Waals surface area contributed by atoms with Crippen molar-refractivity contribution in [3.8, 4) is 18.2 Å². The summed E-state index contributed by atoms with van der Waals surface area (Å²) in [6, 6.07) is 15.7. The third-order valence-electron chi connectivity index (χ3n) is 4.31. The predicted molar refractivity (Wildman–Crippen MR) is 87.3 cm³/mol. The van der Waals surface area contributed by atoms with Gasteiger partial charge in [0.15, 0.2) is 5.41 Å². The topological polar surface area (TPSA) is 97.4 Å². The van der Waals surface area contributed by atoms with Gasteiger partial charge in [-0.15, -0.1) is 0 Å². The molecule has 23 heavy (non-hydrogen) atoms. The molecular weight excluding hydrogens is 284 g/mol. The number of hydrogen-bond donors (Lipinski definition) is 1. The Hall–Kier alpha value is -3.03. The van der Waals surface area contributed by atoms with Crippen LogP contribution in [0.3, 0.4) is 0 Å². The lowest BCUT2D eigenvalue weighted by molar-refractivity contribution is 0.447. The normalized spacial score (nSPS) is 21.3. The maximum atomic E-state index is 9.70. The molecule has 1 aliphatic carbocycles. The van der Waals surface area contributed by atoms with E-state index in [2.05, 4.69) is 25.1 Å². The zero-order valence-corrected chi connectivity index (χ0v) is 13.1. The average Bonchev–Trinajstić information content (AvgIpc) is 2.60. The van der Waals surface area contributed by atoms with E-state index >= 15 is 0 Å². The van der Waals surface area contributed by atoms with Gasteiger partial charge in [-0.2, -0.15) is 15.8 Å². The zero-order valence-electron chi connectivity index (χ0n) is 13.1. The van der Waals surface area contributed by atoms with Crippen LogP contribution < -0.4 is 5.73 Å². The van der Waals surface area contributed by atoms with E-state index in [4.69, 9.17) is 5.73 Å². The summed E-state index contributed by atoms with van der Waals surface area (Å²) in [5, 5.41) is 28.9. The van der Waals surface area contributed by atoms with Gasteiger partial charge in [0.25, 0.3) is 0 Å². The van der Waals surface area contributed by atoms with Crippen LogP contribution in [-0.2, 0) is 0 Å². The lowest BCUT2D eigenvalue weighted by Gasteiger charge is -2.35. The smallest absolute Gasteiger partial charge is 0.191 e. The first-order chi connectivity index (χ1) is 11.1. The molecule has 1 aromatic carbocycles. The Kier molecular flexibility index (Phi) is 4.85. The lowest BCUT2D eigenvalue weighted by Crippen LogP contribution is -2.37. The maximum Gasteiger partial charge on any atom is 0.191 e. The number of nitrogens with zero attached hydrogens (tertiary/aromatic N) is 3. The minimum absolute atomic E-state index is 0.0763. The molecule has 4 heteroatoms. The number of rotatable bonds is 3. The monoisotopic (exact) mass is 302 g/mol. The molecule has 1 atom stereocenters. The van der Waals surface area contributed by atoms with E-state index in [1.54, 1.807) is 0 Å².